The minimum absolute atomic E-state index is 0.547. The fourth-order valence-corrected chi connectivity index (χ4v) is 2.51. The zero-order valence-electron chi connectivity index (χ0n) is 11.6. The third-order valence-corrected chi connectivity index (χ3v) is 3.62. The van der Waals surface area contributed by atoms with Gasteiger partial charge in [0.2, 0.25) is 5.88 Å². The summed E-state index contributed by atoms with van der Waals surface area (Å²) in [4.78, 5) is 8.74. The van der Waals surface area contributed by atoms with Crippen LogP contribution < -0.4 is 10.1 Å². The van der Waals surface area contributed by atoms with Gasteiger partial charge in [-0.05, 0) is 43.9 Å². The van der Waals surface area contributed by atoms with Gasteiger partial charge in [0, 0.05) is 17.1 Å². The van der Waals surface area contributed by atoms with Gasteiger partial charge in [-0.3, -0.25) is 0 Å². The summed E-state index contributed by atoms with van der Waals surface area (Å²) >= 11 is 4.93. The lowest BCUT2D eigenvalue weighted by atomic mass is 10.2. The Kier molecular flexibility index (Phi) is 5.25. The smallest absolute Gasteiger partial charge is 0.225 e. The molecule has 1 aromatic heterocycles. The maximum absolute atomic E-state index is 5.87. The number of nitrogens with one attached hydrogen (secondary N) is 1. The van der Waals surface area contributed by atoms with Crippen molar-refractivity contribution in [3.05, 3.63) is 34.3 Å². The van der Waals surface area contributed by atoms with E-state index >= 15 is 0 Å². The van der Waals surface area contributed by atoms with Crippen molar-refractivity contribution in [2.24, 2.45) is 0 Å². The zero-order valence-corrected chi connectivity index (χ0v) is 14.0. The number of benzene rings is 1. The highest BCUT2D eigenvalue weighted by molar-refractivity contribution is 9.10. The van der Waals surface area contributed by atoms with E-state index in [0.29, 0.717) is 11.0 Å². The maximum atomic E-state index is 5.87. The Morgan fingerprint density at radius 1 is 1.30 bits per heavy atom. The van der Waals surface area contributed by atoms with Gasteiger partial charge in [0.1, 0.15) is 11.6 Å². The van der Waals surface area contributed by atoms with E-state index in [2.05, 4.69) is 31.2 Å². The maximum Gasteiger partial charge on any atom is 0.225 e. The molecule has 2 rings (SSSR count). The summed E-state index contributed by atoms with van der Waals surface area (Å²) in [6.07, 6.45) is 1.94. The van der Waals surface area contributed by atoms with Gasteiger partial charge in [-0.1, -0.05) is 27.7 Å². The van der Waals surface area contributed by atoms with Crippen LogP contribution in [0.5, 0.6) is 11.6 Å². The monoisotopic (exact) mass is 353 g/mol. The molecule has 20 heavy (non-hydrogen) atoms. The molecule has 0 amide bonds. The van der Waals surface area contributed by atoms with Gasteiger partial charge in [0.05, 0.1) is 0 Å². The summed E-state index contributed by atoms with van der Waals surface area (Å²) in [5, 5.41) is 3.87. The molecule has 1 aromatic carbocycles. The van der Waals surface area contributed by atoms with E-state index in [1.54, 1.807) is 0 Å². The van der Waals surface area contributed by atoms with E-state index in [9.17, 15) is 0 Å². The number of halogens is 1. The van der Waals surface area contributed by atoms with E-state index in [4.69, 9.17) is 4.74 Å². The molecular weight excluding hydrogens is 338 g/mol. The van der Waals surface area contributed by atoms with E-state index in [-0.39, 0.29) is 0 Å². The average Bonchev–Trinajstić information content (AvgIpc) is 2.42. The predicted octanol–water partition coefficient (Wildman–Crippen LogP) is 4.49. The van der Waals surface area contributed by atoms with Crippen molar-refractivity contribution in [2.45, 2.75) is 19.0 Å². The molecule has 0 radical (unpaired) electrons. The predicted molar refractivity (Wildman–Crippen MR) is 86.9 cm³/mol. The molecule has 1 N–H and O–H groups in total. The van der Waals surface area contributed by atoms with Crippen LogP contribution in [-0.4, -0.2) is 22.8 Å². The summed E-state index contributed by atoms with van der Waals surface area (Å²) in [6, 6.07) is 7.69. The Hall–Kier alpha value is -1.27. The molecule has 4 nitrogen and oxygen atoms in total. The lowest BCUT2D eigenvalue weighted by Crippen LogP contribution is -2.02. The molecule has 0 aliphatic carbocycles. The highest BCUT2D eigenvalue weighted by atomic mass is 79.9. The molecule has 0 fully saturated rings. The first-order chi connectivity index (χ1) is 9.62. The second-order valence-electron chi connectivity index (χ2n) is 4.12. The number of aryl methyl sites for hydroxylation is 1. The Balaban J connectivity index is 2.29. The van der Waals surface area contributed by atoms with Gasteiger partial charge in [-0.25, -0.2) is 4.98 Å². The molecule has 0 saturated carbocycles. The SMILES string of the molecule is CCNc1cc(Oc2ccc(Br)cc2C)nc(SC)n1. The molecule has 1 heterocycles. The third kappa shape index (κ3) is 3.86. The molecule has 0 bridgehead atoms. The number of hydrogen-bond donors (Lipinski definition) is 1. The molecule has 6 heteroatoms. The standard InChI is InChI=1S/C14H16BrN3OS/c1-4-16-12-8-13(18-14(17-12)20-3)19-11-6-5-10(15)7-9(11)2/h5-8H,4H2,1-3H3,(H,16,17,18). The van der Waals surface area contributed by atoms with Gasteiger partial charge in [-0.15, -0.1) is 0 Å². The van der Waals surface area contributed by atoms with Gasteiger partial charge in [-0.2, -0.15) is 4.98 Å². The number of hydrogen-bond acceptors (Lipinski definition) is 5. The van der Waals surface area contributed by atoms with Crippen molar-refractivity contribution >= 4 is 33.5 Å². The largest absolute Gasteiger partial charge is 0.439 e. The van der Waals surface area contributed by atoms with Crippen molar-refractivity contribution in [1.29, 1.82) is 0 Å². The second-order valence-corrected chi connectivity index (χ2v) is 5.81. The molecule has 106 valence electrons. The molecule has 0 aliphatic heterocycles. The van der Waals surface area contributed by atoms with E-state index in [1.807, 2.05) is 44.4 Å². The Morgan fingerprint density at radius 2 is 2.10 bits per heavy atom. The normalized spacial score (nSPS) is 10.4. The minimum atomic E-state index is 0.547. The molecule has 0 atom stereocenters. The van der Waals surface area contributed by atoms with Crippen molar-refractivity contribution in [3.63, 3.8) is 0 Å². The molecule has 0 spiro atoms. The fraction of sp³-hybridized carbons (Fsp3) is 0.286. The lowest BCUT2D eigenvalue weighted by Gasteiger charge is -2.10. The van der Waals surface area contributed by atoms with Crippen LogP contribution in [0.15, 0.2) is 33.9 Å². The van der Waals surface area contributed by atoms with E-state index in [0.717, 1.165) is 28.1 Å². The average molecular weight is 354 g/mol. The number of anilines is 1. The van der Waals surface area contributed by atoms with E-state index < -0.39 is 0 Å². The van der Waals surface area contributed by atoms with Gasteiger partial charge in [0.15, 0.2) is 5.16 Å². The topological polar surface area (TPSA) is 47.0 Å². The highest BCUT2D eigenvalue weighted by Gasteiger charge is 2.07. The molecular formula is C14H16BrN3OS. The van der Waals surface area contributed by atoms with Crippen LogP contribution in [0, 0.1) is 6.92 Å². The van der Waals surface area contributed by atoms with Crippen LogP contribution in [0.4, 0.5) is 5.82 Å². The summed E-state index contributed by atoms with van der Waals surface area (Å²) in [7, 11) is 0. The van der Waals surface area contributed by atoms with Crippen molar-refractivity contribution in [3.8, 4) is 11.6 Å². The van der Waals surface area contributed by atoms with Crippen LogP contribution in [0.1, 0.15) is 12.5 Å². The molecule has 0 aliphatic rings. The van der Waals surface area contributed by atoms with Gasteiger partial charge < -0.3 is 10.1 Å². The van der Waals surface area contributed by atoms with Crippen molar-refractivity contribution in [1.82, 2.24) is 9.97 Å². The molecule has 0 saturated heterocycles. The van der Waals surface area contributed by atoms with Crippen LogP contribution in [-0.2, 0) is 0 Å². The first-order valence-electron chi connectivity index (χ1n) is 6.23. The second kappa shape index (κ2) is 6.95. The Morgan fingerprint density at radius 3 is 2.75 bits per heavy atom. The number of thioether (sulfide) groups is 1. The quantitative estimate of drug-likeness (QED) is 0.633. The van der Waals surface area contributed by atoms with Crippen LogP contribution >= 0.6 is 27.7 Å². The number of nitrogens with zero attached hydrogens (tertiary/aromatic N) is 2. The van der Waals surface area contributed by atoms with Gasteiger partial charge >= 0.3 is 0 Å². The van der Waals surface area contributed by atoms with Crippen LogP contribution in [0.2, 0.25) is 0 Å². The van der Waals surface area contributed by atoms with E-state index in [1.165, 1.54) is 11.8 Å². The Bertz CT molecular complexity index is 607. The molecule has 2 aromatic rings. The first-order valence-corrected chi connectivity index (χ1v) is 8.25. The highest BCUT2D eigenvalue weighted by Crippen LogP contribution is 2.28. The summed E-state index contributed by atoms with van der Waals surface area (Å²) in [5.41, 5.74) is 1.05. The number of ether oxygens (including phenoxy) is 1. The third-order valence-electron chi connectivity index (χ3n) is 2.57. The summed E-state index contributed by atoms with van der Waals surface area (Å²) in [5.74, 6) is 2.11. The van der Waals surface area contributed by atoms with Crippen molar-refractivity contribution in [2.75, 3.05) is 18.1 Å². The fourth-order valence-electron chi connectivity index (χ4n) is 1.66. The Labute approximate surface area is 131 Å². The first kappa shape index (κ1) is 15.1. The molecule has 0 unspecified atom stereocenters. The number of aromatic nitrogens is 2. The van der Waals surface area contributed by atoms with Gasteiger partial charge in [0.25, 0.3) is 0 Å². The summed E-state index contributed by atoms with van der Waals surface area (Å²) < 4.78 is 6.90. The van der Waals surface area contributed by atoms with Crippen LogP contribution in [0.25, 0.3) is 0 Å². The summed E-state index contributed by atoms with van der Waals surface area (Å²) in [6.45, 7) is 4.84. The minimum Gasteiger partial charge on any atom is -0.439 e. The van der Waals surface area contributed by atoms with Crippen LogP contribution in [0.3, 0.4) is 0 Å². The van der Waals surface area contributed by atoms with Crippen molar-refractivity contribution < 1.29 is 4.74 Å². The lowest BCUT2D eigenvalue weighted by molar-refractivity contribution is 0.452. The zero-order chi connectivity index (χ0) is 14.5. The number of rotatable bonds is 5.